The number of hydrogen-bond donors (Lipinski definition) is 0. The van der Waals surface area contributed by atoms with Crippen LogP contribution in [0.3, 0.4) is 0 Å². The Hall–Kier alpha value is -0.120. The van der Waals surface area contributed by atoms with Gasteiger partial charge in [0.15, 0.2) is 0 Å². The fraction of sp³-hybridized carbons (Fsp3) is 0.0769. The predicted octanol–water partition coefficient (Wildman–Crippen LogP) is 5.95. The number of rotatable bonds is 1. The fourth-order valence-corrected chi connectivity index (χ4v) is 3.07. The van der Waals surface area contributed by atoms with E-state index in [0.717, 1.165) is 13.4 Å². The standard InChI is InChI=1S/C13H9Br3/c1-8-2-4-10(13(16)6-8)11-7-9(14)3-5-12(11)15/h2-7H,1H3. The molecule has 0 radical (unpaired) electrons. The summed E-state index contributed by atoms with van der Waals surface area (Å²) in [6.07, 6.45) is 0. The number of benzene rings is 2. The van der Waals surface area contributed by atoms with E-state index in [4.69, 9.17) is 0 Å². The smallest absolute Gasteiger partial charge is 0.0256 e. The molecule has 0 saturated carbocycles. The van der Waals surface area contributed by atoms with Crippen molar-refractivity contribution in [3.63, 3.8) is 0 Å². The second-order valence-electron chi connectivity index (χ2n) is 3.61. The van der Waals surface area contributed by atoms with Gasteiger partial charge in [0.05, 0.1) is 0 Å². The highest BCUT2D eigenvalue weighted by Gasteiger charge is 2.07. The van der Waals surface area contributed by atoms with E-state index < -0.39 is 0 Å². The molecule has 0 spiro atoms. The molecular formula is C13H9Br3. The van der Waals surface area contributed by atoms with Crippen LogP contribution >= 0.6 is 47.8 Å². The Kier molecular flexibility index (Phi) is 3.88. The zero-order valence-electron chi connectivity index (χ0n) is 8.60. The van der Waals surface area contributed by atoms with Crippen LogP contribution in [0.5, 0.6) is 0 Å². The molecule has 0 amide bonds. The van der Waals surface area contributed by atoms with Crippen molar-refractivity contribution in [2.24, 2.45) is 0 Å². The van der Waals surface area contributed by atoms with Crippen LogP contribution in [0.4, 0.5) is 0 Å². The zero-order chi connectivity index (χ0) is 11.7. The van der Waals surface area contributed by atoms with E-state index >= 15 is 0 Å². The molecule has 3 heteroatoms. The van der Waals surface area contributed by atoms with Crippen molar-refractivity contribution in [2.45, 2.75) is 6.92 Å². The van der Waals surface area contributed by atoms with Gasteiger partial charge in [-0.15, -0.1) is 0 Å². The van der Waals surface area contributed by atoms with Crippen LogP contribution in [-0.4, -0.2) is 0 Å². The second kappa shape index (κ2) is 5.03. The third-order valence-electron chi connectivity index (χ3n) is 2.34. The molecule has 0 bridgehead atoms. The van der Waals surface area contributed by atoms with Crippen molar-refractivity contribution >= 4 is 47.8 Å². The lowest BCUT2D eigenvalue weighted by Crippen LogP contribution is -1.83. The first kappa shape index (κ1) is 12.3. The van der Waals surface area contributed by atoms with Crippen molar-refractivity contribution < 1.29 is 0 Å². The second-order valence-corrected chi connectivity index (χ2v) is 6.23. The SMILES string of the molecule is Cc1ccc(-c2cc(Br)ccc2Br)c(Br)c1. The molecule has 0 unspecified atom stereocenters. The first-order valence-electron chi connectivity index (χ1n) is 4.79. The third kappa shape index (κ3) is 2.58. The maximum Gasteiger partial charge on any atom is 0.0256 e. The molecule has 0 aliphatic rings. The van der Waals surface area contributed by atoms with Crippen molar-refractivity contribution in [1.29, 1.82) is 0 Å². The van der Waals surface area contributed by atoms with Crippen LogP contribution in [-0.2, 0) is 0 Å². The van der Waals surface area contributed by atoms with Crippen molar-refractivity contribution in [2.75, 3.05) is 0 Å². The zero-order valence-corrected chi connectivity index (χ0v) is 13.4. The Labute approximate surface area is 120 Å². The molecule has 16 heavy (non-hydrogen) atoms. The lowest BCUT2D eigenvalue weighted by Gasteiger charge is -2.08. The van der Waals surface area contributed by atoms with E-state index in [1.165, 1.54) is 16.7 Å². The van der Waals surface area contributed by atoms with Gasteiger partial charge in [-0.3, -0.25) is 0 Å². The summed E-state index contributed by atoms with van der Waals surface area (Å²) in [6, 6.07) is 12.6. The van der Waals surface area contributed by atoms with Gasteiger partial charge in [0.25, 0.3) is 0 Å². The first-order valence-corrected chi connectivity index (χ1v) is 7.17. The van der Waals surface area contributed by atoms with Gasteiger partial charge in [-0.25, -0.2) is 0 Å². The van der Waals surface area contributed by atoms with Crippen molar-refractivity contribution in [3.8, 4) is 11.1 Å². The number of aryl methyl sites for hydroxylation is 1. The van der Waals surface area contributed by atoms with Crippen LogP contribution in [0.2, 0.25) is 0 Å². The van der Waals surface area contributed by atoms with Gasteiger partial charge in [-0.2, -0.15) is 0 Å². The van der Waals surface area contributed by atoms with Crippen LogP contribution < -0.4 is 0 Å². The minimum atomic E-state index is 1.08. The van der Waals surface area contributed by atoms with Crippen LogP contribution in [0.15, 0.2) is 49.8 Å². The van der Waals surface area contributed by atoms with E-state index in [1.807, 2.05) is 12.1 Å². The third-order valence-corrected chi connectivity index (χ3v) is 4.18. The molecule has 0 atom stereocenters. The Morgan fingerprint density at radius 2 is 1.50 bits per heavy atom. The van der Waals surface area contributed by atoms with Gasteiger partial charge in [-0.05, 0) is 47.9 Å². The van der Waals surface area contributed by atoms with Gasteiger partial charge in [-0.1, -0.05) is 59.9 Å². The molecule has 0 aromatic heterocycles. The molecule has 0 aliphatic carbocycles. The average Bonchev–Trinajstić information content (AvgIpc) is 2.22. The maximum atomic E-state index is 3.61. The Morgan fingerprint density at radius 3 is 2.19 bits per heavy atom. The lowest BCUT2D eigenvalue weighted by molar-refractivity contribution is 1.44. The maximum absolute atomic E-state index is 3.61. The van der Waals surface area contributed by atoms with Gasteiger partial charge < -0.3 is 0 Å². The van der Waals surface area contributed by atoms with Gasteiger partial charge in [0, 0.05) is 13.4 Å². The summed E-state index contributed by atoms with van der Waals surface area (Å²) in [6.45, 7) is 2.09. The highest BCUT2D eigenvalue weighted by molar-refractivity contribution is 9.11. The molecule has 0 aliphatic heterocycles. The molecule has 0 fully saturated rings. The monoisotopic (exact) mass is 402 g/mol. The number of halogens is 3. The summed E-state index contributed by atoms with van der Waals surface area (Å²) >= 11 is 10.7. The molecule has 0 heterocycles. The molecule has 2 aromatic carbocycles. The van der Waals surface area contributed by atoms with E-state index in [1.54, 1.807) is 0 Å². The summed E-state index contributed by atoms with van der Waals surface area (Å²) in [5.41, 5.74) is 3.63. The topological polar surface area (TPSA) is 0 Å². The highest BCUT2D eigenvalue weighted by atomic mass is 79.9. The van der Waals surface area contributed by atoms with E-state index in [-0.39, 0.29) is 0 Å². The summed E-state index contributed by atoms with van der Waals surface area (Å²) in [5, 5.41) is 0. The normalized spacial score (nSPS) is 10.5. The van der Waals surface area contributed by atoms with Gasteiger partial charge in [0.2, 0.25) is 0 Å². The molecule has 2 aromatic rings. The average molecular weight is 405 g/mol. The number of hydrogen-bond acceptors (Lipinski definition) is 0. The summed E-state index contributed by atoms with van der Waals surface area (Å²) < 4.78 is 3.30. The van der Waals surface area contributed by atoms with Crippen LogP contribution in [0, 0.1) is 6.92 Å². The Bertz CT molecular complexity index is 533. The quantitative estimate of drug-likeness (QED) is 0.551. The van der Waals surface area contributed by atoms with E-state index in [2.05, 4.69) is 79.0 Å². The molecule has 0 N–H and O–H groups in total. The minimum absolute atomic E-state index is 1.08. The molecular weight excluding hydrogens is 396 g/mol. The summed E-state index contributed by atoms with van der Waals surface area (Å²) in [7, 11) is 0. The Morgan fingerprint density at radius 1 is 0.750 bits per heavy atom. The van der Waals surface area contributed by atoms with E-state index in [0.29, 0.717) is 0 Å². The summed E-state index contributed by atoms with van der Waals surface area (Å²) in [4.78, 5) is 0. The Balaban J connectivity index is 2.62. The van der Waals surface area contributed by atoms with Crippen LogP contribution in [0.25, 0.3) is 11.1 Å². The summed E-state index contributed by atoms with van der Waals surface area (Å²) in [5.74, 6) is 0. The molecule has 0 nitrogen and oxygen atoms in total. The van der Waals surface area contributed by atoms with Gasteiger partial charge >= 0.3 is 0 Å². The minimum Gasteiger partial charge on any atom is -0.0586 e. The molecule has 82 valence electrons. The molecule has 0 saturated heterocycles. The fourth-order valence-electron chi connectivity index (χ4n) is 1.54. The lowest BCUT2D eigenvalue weighted by atomic mass is 10.0. The van der Waals surface area contributed by atoms with Crippen molar-refractivity contribution in [1.82, 2.24) is 0 Å². The van der Waals surface area contributed by atoms with Gasteiger partial charge in [0.1, 0.15) is 0 Å². The highest BCUT2D eigenvalue weighted by Crippen LogP contribution is 2.35. The van der Waals surface area contributed by atoms with Crippen molar-refractivity contribution in [3.05, 3.63) is 55.4 Å². The first-order chi connectivity index (χ1) is 7.58. The van der Waals surface area contributed by atoms with E-state index in [9.17, 15) is 0 Å². The molecule has 2 rings (SSSR count). The largest absolute Gasteiger partial charge is 0.0586 e. The predicted molar refractivity (Wildman–Crippen MR) is 79.7 cm³/mol. The van der Waals surface area contributed by atoms with Crippen LogP contribution in [0.1, 0.15) is 5.56 Å².